The van der Waals surface area contributed by atoms with E-state index < -0.39 is 21.7 Å². The van der Waals surface area contributed by atoms with E-state index in [1.54, 1.807) is 13.8 Å². The highest BCUT2D eigenvalue weighted by Gasteiger charge is 2.32. The van der Waals surface area contributed by atoms with E-state index in [4.69, 9.17) is 13.9 Å². The number of halogens is 1. The second kappa shape index (κ2) is 9.12. The second-order valence-corrected chi connectivity index (χ2v) is 9.78. The van der Waals surface area contributed by atoms with Gasteiger partial charge in [-0.05, 0) is 44.2 Å². The van der Waals surface area contributed by atoms with Gasteiger partial charge in [0.15, 0.2) is 0 Å². The summed E-state index contributed by atoms with van der Waals surface area (Å²) < 4.78 is 58.8. The molecule has 176 valence electrons. The highest BCUT2D eigenvalue weighted by atomic mass is 32.2. The number of hydrogen-bond donors (Lipinski definition) is 1. The standard InChI is InChI=1S/C23H25FN2O6S/c1-14(2)31-19-12-17-18(13-20(19)33(28,29)26-8-10-30-11-9-26)32-22(21(17)23(27)25-3)15-4-6-16(24)7-5-15/h4-7,12-14H,8-11H2,1-3H3,(H,25,27). The number of fused-ring (bicyclic) bond motifs is 1. The average Bonchev–Trinajstić information content (AvgIpc) is 3.17. The van der Waals surface area contributed by atoms with Crippen molar-refractivity contribution in [3.05, 3.63) is 47.8 Å². The molecule has 0 unspecified atom stereocenters. The van der Waals surface area contributed by atoms with E-state index in [2.05, 4.69) is 5.32 Å². The molecule has 33 heavy (non-hydrogen) atoms. The minimum absolute atomic E-state index is 0.0477. The molecule has 8 nitrogen and oxygen atoms in total. The maximum Gasteiger partial charge on any atom is 0.255 e. The van der Waals surface area contributed by atoms with Gasteiger partial charge in [0.25, 0.3) is 5.91 Å². The number of carbonyl (C=O) groups excluding carboxylic acids is 1. The van der Waals surface area contributed by atoms with Gasteiger partial charge in [0.05, 0.1) is 24.9 Å². The fourth-order valence-corrected chi connectivity index (χ4v) is 5.26. The smallest absolute Gasteiger partial charge is 0.255 e. The Morgan fingerprint density at radius 1 is 1.15 bits per heavy atom. The van der Waals surface area contributed by atoms with Gasteiger partial charge in [0, 0.05) is 37.2 Å². The number of amides is 1. The summed E-state index contributed by atoms with van der Waals surface area (Å²) in [5.74, 6) is -0.517. The van der Waals surface area contributed by atoms with Crippen LogP contribution in [0.5, 0.6) is 5.75 Å². The minimum atomic E-state index is -3.91. The number of nitrogens with zero attached hydrogens (tertiary/aromatic N) is 1. The van der Waals surface area contributed by atoms with Crippen LogP contribution in [-0.2, 0) is 14.8 Å². The molecule has 2 heterocycles. The lowest BCUT2D eigenvalue weighted by molar-refractivity contribution is 0.0729. The lowest BCUT2D eigenvalue weighted by Gasteiger charge is -2.27. The molecule has 2 aromatic carbocycles. The Labute approximate surface area is 191 Å². The van der Waals surface area contributed by atoms with E-state index >= 15 is 0 Å². The van der Waals surface area contributed by atoms with E-state index in [1.807, 2.05) is 0 Å². The Hall–Kier alpha value is -2.95. The number of carbonyl (C=O) groups is 1. The Morgan fingerprint density at radius 3 is 2.42 bits per heavy atom. The van der Waals surface area contributed by atoms with Crippen LogP contribution in [0.2, 0.25) is 0 Å². The molecule has 0 aliphatic carbocycles. The molecule has 0 radical (unpaired) electrons. The summed E-state index contributed by atoms with van der Waals surface area (Å²) >= 11 is 0. The van der Waals surface area contributed by atoms with Crippen molar-refractivity contribution >= 4 is 26.9 Å². The molecule has 1 aliphatic heterocycles. The fourth-order valence-electron chi connectivity index (χ4n) is 3.73. The van der Waals surface area contributed by atoms with Crippen LogP contribution in [0.15, 0.2) is 45.7 Å². The molecule has 10 heteroatoms. The van der Waals surface area contributed by atoms with Gasteiger partial charge in [-0.2, -0.15) is 4.31 Å². The fraction of sp³-hybridized carbons (Fsp3) is 0.348. The zero-order valence-corrected chi connectivity index (χ0v) is 19.4. The molecular weight excluding hydrogens is 451 g/mol. The lowest BCUT2D eigenvalue weighted by Crippen LogP contribution is -2.40. The Kier molecular flexibility index (Phi) is 6.42. The first kappa shape index (κ1) is 23.2. The normalized spacial score (nSPS) is 15.2. The molecule has 1 N–H and O–H groups in total. The van der Waals surface area contributed by atoms with E-state index in [1.165, 1.54) is 47.8 Å². The van der Waals surface area contributed by atoms with Gasteiger partial charge >= 0.3 is 0 Å². The maximum atomic E-state index is 13.5. The molecule has 0 spiro atoms. The molecule has 0 atom stereocenters. The van der Waals surface area contributed by atoms with Gasteiger partial charge < -0.3 is 19.2 Å². The zero-order valence-electron chi connectivity index (χ0n) is 18.6. The molecule has 3 aromatic rings. The van der Waals surface area contributed by atoms with Crippen molar-refractivity contribution in [2.45, 2.75) is 24.8 Å². The van der Waals surface area contributed by atoms with Gasteiger partial charge in [0.1, 0.15) is 27.8 Å². The summed E-state index contributed by atoms with van der Waals surface area (Å²) in [7, 11) is -2.43. The first-order chi connectivity index (χ1) is 15.7. The average molecular weight is 477 g/mol. The second-order valence-electron chi connectivity index (χ2n) is 7.87. The molecule has 1 fully saturated rings. The van der Waals surface area contributed by atoms with Crippen molar-refractivity contribution in [1.82, 2.24) is 9.62 Å². The maximum absolute atomic E-state index is 13.5. The van der Waals surface area contributed by atoms with Crippen LogP contribution < -0.4 is 10.1 Å². The number of furan rings is 1. The van der Waals surface area contributed by atoms with Crippen LogP contribution in [0.4, 0.5) is 4.39 Å². The number of nitrogens with one attached hydrogen (secondary N) is 1. The molecule has 4 rings (SSSR count). The van der Waals surface area contributed by atoms with Crippen molar-refractivity contribution in [1.29, 1.82) is 0 Å². The van der Waals surface area contributed by atoms with Crippen LogP contribution in [0.3, 0.4) is 0 Å². The predicted molar refractivity (Wildman–Crippen MR) is 120 cm³/mol. The highest BCUT2D eigenvalue weighted by Crippen LogP contribution is 2.39. The summed E-state index contributed by atoms with van der Waals surface area (Å²) in [5.41, 5.74) is 0.897. The third-order valence-corrected chi connectivity index (χ3v) is 7.19. The molecule has 0 saturated carbocycles. The van der Waals surface area contributed by atoms with Crippen LogP contribution in [0, 0.1) is 5.82 Å². The van der Waals surface area contributed by atoms with Crippen molar-refractivity contribution in [2.24, 2.45) is 0 Å². The summed E-state index contributed by atoms with van der Waals surface area (Å²) in [5, 5.41) is 2.98. The Bertz CT molecular complexity index is 1280. The third kappa shape index (κ3) is 4.46. The number of morpholine rings is 1. The summed E-state index contributed by atoms with van der Waals surface area (Å²) in [6, 6.07) is 8.42. The van der Waals surface area contributed by atoms with Crippen LogP contribution in [0.25, 0.3) is 22.3 Å². The van der Waals surface area contributed by atoms with E-state index in [9.17, 15) is 17.6 Å². The highest BCUT2D eigenvalue weighted by molar-refractivity contribution is 7.89. The van der Waals surface area contributed by atoms with E-state index in [0.29, 0.717) is 24.2 Å². The van der Waals surface area contributed by atoms with E-state index in [-0.39, 0.29) is 46.7 Å². The van der Waals surface area contributed by atoms with Gasteiger partial charge in [-0.25, -0.2) is 12.8 Å². The van der Waals surface area contributed by atoms with Crippen molar-refractivity contribution in [3.8, 4) is 17.1 Å². The summed E-state index contributed by atoms with van der Waals surface area (Å²) in [6.45, 7) is 4.63. The Balaban J connectivity index is 1.96. The van der Waals surface area contributed by atoms with Gasteiger partial charge in [-0.3, -0.25) is 4.79 Å². The predicted octanol–water partition coefficient (Wildman–Crippen LogP) is 3.41. The monoisotopic (exact) mass is 476 g/mol. The molecule has 1 aliphatic rings. The quantitative estimate of drug-likeness (QED) is 0.586. The number of sulfonamides is 1. The molecule has 1 amide bonds. The number of ether oxygens (including phenoxy) is 2. The molecular formula is C23H25FN2O6S. The van der Waals surface area contributed by atoms with Crippen molar-refractivity contribution in [3.63, 3.8) is 0 Å². The SMILES string of the molecule is CNC(=O)c1c(-c2ccc(F)cc2)oc2cc(S(=O)(=O)N3CCOCC3)c(OC(C)C)cc12. The number of rotatable bonds is 6. The summed E-state index contributed by atoms with van der Waals surface area (Å²) in [4.78, 5) is 12.7. The first-order valence-electron chi connectivity index (χ1n) is 10.6. The van der Waals surface area contributed by atoms with Crippen LogP contribution in [0.1, 0.15) is 24.2 Å². The molecule has 1 saturated heterocycles. The largest absolute Gasteiger partial charge is 0.490 e. The van der Waals surface area contributed by atoms with Gasteiger partial charge in [-0.1, -0.05) is 0 Å². The topological polar surface area (TPSA) is 98.1 Å². The van der Waals surface area contributed by atoms with Crippen LogP contribution in [-0.4, -0.2) is 58.1 Å². The molecule has 1 aromatic heterocycles. The first-order valence-corrected chi connectivity index (χ1v) is 12.0. The van der Waals surface area contributed by atoms with Gasteiger partial charge in [0.2, 0.25) is 10.0 Å². The molecule has 0 bridgehead atoms. The number of benzene rings is 2. The van der Waals surface area contributed by atoms with Crippen molar-refractivity contribution in [2.75, 3.05) is 33.4 Å². The third-order valence-electron chi connectivity index (χ3n) is 5.27. The van der Waals surface area contributed by atoms with Gasteiger partial charge in [-0.15, -0.1) is 0 Å². The van der Waals surface area contributed by atoms with Crippen molar-refractivity contribution < 1.29 is 31.5 Å². The van der Waals surface area contributed by atoms with Crippen LogP contribution >= 0.6 is 0 Å². The zero-order chi connectivity index (χ0) is 23.8. The van der Waals surface area contributed by atoms with E-state index in [0.717, 1.165) is 0 Å². The number of hydrogen-bond acceptors (Lipinski definition) is 6. The summed E-state index contributed by atoms with van der Waals surface area (Å²) in [6.07, 6.45) is -0.312. The minimum Gasteiger partial charge on any atom is -0.490 e. The lowest BCUT2D eigenvalue weighted by atomic mass is 10.0. The Morgan fingerprint density at radius 2 is 1.82 bits per heavy atom.